The summed E-state index contributed by atoms with van der Waals surface area (Å²) in [5.74, 6) is 1.67. The Hall–Kier alpha value is -2.94. The third-order valence-electron chi connectivity index (χ3n) is 7.07. The first kappa shape index (κ1) is 16.1. The molecule has 0 amide bonds. The fraction of sp³-hybridized carbons (Fsp3) is 0.280. The topological polar surface area (TPSA) is 47.3 Å². The van der Waals surface area contributed by atoms with Crippen LogP contribution in [0.1, 0.15) is 30.4 Å². The van der Waals surface area contributed by atoms with Gasteiger partial charge in [0.2, 0.25) is 0 Å². The Kier molecular flexibility index (Phi) is 3.31. The summed E-state index contributed by atoms with van der Waals surface area (Å²) >= 11 is 0. The third-order valence-corrected chi connectivity index (χ3v) is 7.07. The number of para-hydroxylation sites is 1. The Balaban J connectivity index is 1.69. The van der Waals surface area contributed by atoms with Crippen LogP contribution in [0.5, 0.6) is 0 Å². The first-order chi connectivity index (χ1) is 13.7. The Labute approximate surface area is 162 Å². The van der Waals surface area contributed by atoms with Crippen molar-refractivity contribution in [3.05, 3.63) is 82.2 Å². The number of hydrogen-bond donors (Lipinski definition) is 0. The lowest BCUT2D eigenvalue weighted by molar-refractivity contribution is -0.118. The Bertz CT molecular complexity index is 1200. The zero-order chi connectivity index (χ0) is 18.8. The molecule has 2 saturated carbocycles. The van der Waals surface area contributed by atoms with E-state index in [0.29, 0.717) is 17.4 Å². The highest BCUT2D eigenvalue weighted by molar-refractivity contribution is 6.34. The number of allylic oxidation sites excluding steroid dienone is 2. The monoisotopic (exact) mass is 368 g/mol. The third kappa shape index (κ3) is 2.10. The van der Waals surface area contributed by atoms with Crippen molar-refractivity contribution >= 4 is 27.9 Å². The van der Waals surface area contributed by atoms with Crippen LogP contribution in [0, 0.1) is 23.7 Å². The van der Waals surface area contributed by atoms with Crippen molar-refractivity contribution in [1.29, 1.82) is 0 Å². The van der Waals surface area contributed by atoms with Crippen molar-refractivity contribution in [3.8, 4) is 0 Å². The van der Waals surface area contributed by atoms with Gasteiger partial charge in [0, 0.05) is 28.5 Å². The van der Waals surface area contributed by atoms with Crippen LogP contribution in [0.25, 0.3) is 22.1 Å². The van der Waals surface area contributed by atoms with E-state index < -0.39 is 5.63 Å². The van der Waals surface area contributed by atoms with E-state index in [2.05, 4.69) is 12.1 Å². The molecule has 3 aliphatic carbocycles. The van der Waals surface area contributed by atoms with Gasteiger partial charge < -0.3 is 4.42 Å². The van der Waals surface area contributed by atoms with Crippen LogP contribution in [0.15, 0.2) is 69.9 Å². The molecule has 3 aromatic rings. The largest absolute Gasteiger partial charge is 0.423 e. The van der Waals surface area contributed by atoms with Crippen molar-refractivity contribution in [2.75, 3.05) is 0 Å². The molecule has 138 valence electrons. The predicted octanol–water partition coefficient (Wildman–Crippen LogP) is 4.95. The van der Waals surface area contributed by atoms with E-state index in [9.17, 15) is 9.59 Å². The number of benzene rings is 2. The van der Waals surface area contributed by atoms with Crippen LogP contribution in [0.3, 0.4) is 0 Å². The average Bonchev–Trinajstić information content (AvgIpc) is 3.40. The van der Waals surface area contributed by atoms with Crippen LogP contribution in [-0.4, -0.2) is 5.78 Å². The molecule has 0 aliphatic heterocycles. The molecule has 1 aromatic heterocycles. The van der Waals surface area contributed by atoms with E-state index in [1.165, 1.54) is 18.9 Å². The minimum atomic E-state index is -0.401. The highest BCUT2D eigenvalue weighted by Gasteiger charge is 2.57. The zero-order valence-electron chi connectivity index (χ0n) is 15.4. The molecule has 3 heteroatoms. The van der Waals surface area contributed by atoms with E-state index in [-0.39, 0.29) is 17.6 Å². The fourth-order valence-corrected chi connectivity index (χ4v) is 6.10. The second-order valence-corrected chi connectivity index (χ2v) is 8.38. The molecule has 3 nitrogen and oxygen atoms in total. The maximum absolute atomic E-state index is 13.7. The summed E-state index contributed by atoms with van der Waals surface area (Å²) in [5, 5.41) is 0.839. The van der Waals surface area contributed by atoms with Gasteiger partial charge >= 0.3 is 5.63 Å². The van der Waals surface area contributed by atoms with Gasteiger partial charge in [-0.05, 0) is 54.2 Å². The number of hydrogen-bond acceptors (Lipinski definition) is 3. The normalized spacial score (nSPS) is 28.4. The number of fused-ring (bicyclic) bond motifs is 6. The number of rotatable bonds is 2. The summed E-state index contributed by atoms with van der Waals surface area (Å²) in [4.78, 5) is 26.0. The van der Waals surface area contributed by atoms with E-state index in [1.54, 1.807) is 6.07 Å². The van der Waals surface area contributed by atoms with Crippen LogP contribution in [0.4, 0.5) is 0 Å². The SMILES string of the molecule is O=C1C(c2cc(=O)oc3ccccc23)=C(c2ccccc2)C2C3CCC(C3)C12. The van der Waals surface area contributed by atoms with Crippen molar-refractivity contribution in [2.24, 2.45) is 23.7 Å². The van der Waals surface area contributed by atoms with Crippen LogP contribution in [-0.2, 0) is 4.79 Å². The van der Waals surface area contributed by atoms with Crippen molar-refractivity contribution in [1.82, 2.24) is 0 Å². The second kappa shape index (κ2) is 5.78. The highest BCUT2D eigenvalue weighted by atomic mass is 16.4. The number of carbonyl (C=O) groups excluding carboxylic acids is 1. The molecular formula is C25H20O3. The van der Waals surface area contributed by atoms with Gasteiger partial charge in [0.05, 0.1) is 0 Å². The summed E-state index contributed by atoms with van der Waals surface area (Å²) in [5.41, 5.74) is 3.90. The molecule has 2 bridgehead atoms. The Morgan fingerprint density at radius 3 is 2.36 bits per heavy atom. The quantitative estimate of drug-likeness (QED) is 0.601. The van der Waals surface area contributed by atoms with E-state index >= 15 is 0 Å². The van der Waals surface area contributed by atoms with Crippen LogP contribution in [0.2, 0.25) is 0 Å². The Morgan fingerprint density at radius 2 is 1.54 bits per heavy atom. The van der Waals surface area contributed by atoms with Crippen molar-refractivity contribution < 1.29 is 9.21 Å². The van der Waals surface area contributed by atoms with E-state index in [0.717, 1.165) is 34.1 Å². The van der Waals surface area contributed by atoms with Crippen molar-refractivity contribution in [2.45, 2.75) is 19.3 Å². The van der Waals surface area contributed by atoms with Crippen molar-refractivity contribution in [3.63, 3.8) is 0 Å². The molecule has 4 atom stereocenters. The Morgan fingerprint density at radius 1 is 0.821 bits per heavy atom. The van der Waals surface area contributed by atoms with Gasteiger partial charge in [0.25, 0.3) is 0 Å². The lowest BCUT2D eigenvalue weighted by Gasteiger charge is -2.26. The molecule has 2 fully saturated rings. The lowest BCUT2D eigenvalue weighted by Crippen LogP contribution is -2.24. The molecule has 4 unspecified atom stereocenters. The molecule has 2 aromatic carbocycles. The molecule has 6 rings (SSSR count). The van der Waals surface area contributed by atoms with Gasteiger partial charge in [0.1, 0.15) is 5.58 Å². The standard InChI is InChI=1S/C25H20O3/c26-20-13-18(17-8-4-5-9-19(17)28-20)24-21(14-6-2-1-3-7-14)22-15-10-11-16(12-15)23(22)25(24)27/h1-9,13,15-16,22-23H,10-12H2. The van der Waals surface area contributed by atoms with E-state index in [1.807, 2.05) is 36.4 Å². The molecular weight excluding hydrogens is 348 g/mol. The van der Waals surface area contributed by atoms with Gasteiger partial charge in [-0.25, -0.2) is 4.79 Å². The number of carbonyl (C=O) groups is 1. The van der Waals surface area contributed by atoms with Gasteiger partial charge in [-0.1, -0.05) is 48.5 Å². The number of Topliss-reactive ketones (excluding diaryl/α,β-unsaturated/α-hetero) is 1. The summed E-state index contributed by atoms with van der Waals surface area (Å²) in [6, 6.07) is 19.3. The molecule has 0 radical (unpaired) electrons. The smallest absolute Gasteiger partial charge is 0.336 e. The summed E-state index contributed by atoms with van der Waals surface area (Å²) in [7, 11) is 0. The average molecular weight is 368 g/mol. The molecule has 0 saturated heterocycles. The van der Waals surface area contributed by atoms with Gasteiger partial charge in [-0.2, -0.15) is 0 Å². The first-order valence-corrected chi connectivity index (χ1v) is 10.1. The fourth-order valence-electron chi connectivity index (χ4n) is 6.10. The molecule has 28 heavy (non-hydrogen) atoms. The predicted molar refractivity (Wildman–Crippen MR) is 109 cm³/mol. The minimum absolute atomic E-state index is 0.0787. The van der Waals surface area contributed by atoms with Gasteiger partial charge in [-0.3, -0.25) is 4.79 Å². The molecule has 0 N–H and O–H groups in total. The second-order valence-electron chi connectivity index (χ2n) is 8.38. The van der Waals surface area contributed by atoms with E-state index in [4.69, 9.17) is 4.42 Å². The molecule has 0 spiro atoms. The zero-order valence-corrected chi connectivity index (χ0v) is 15.4. The first-order valence-electron chi connectivity index (χ1n) is 10.1. The lowest BCUT2D eigenvalue weighted by atomic mass is 9.77. The van der Waals surface area contributed by atoms with Crippen LogP contribution >= 0.6 is 0 Å². The molecule has 3 aliphatic rings. The highest BCUT2D eigenvalue weighted by Crippen LogP contribution is 2.62. The minimum Gasteiger partial charge on any atom is -0.423 e. The molecule has 1 heterocycles. The summed E-state index contributed by atoms with van der Waals surface area (Å²) in [6.45, 7) is 0. The van der Waals surface area contributed by atoms with Crippen LogP contribution < -0.4 is 5.63 Å². The summed E-state index contributed by atoms with van der Waals surface area (Å²) < 4.78 is 5.40. The number of ketones is 1. The summed E-state index contributed by atoms with van der Waals surface area (Å²) in [6.07, 6.45) is 3.54. The maximum Gasteiger partial charge on any atom is 0.336 e. The maximum atomic E-state index is 13.7. The van der Waals surface area contributed by atoms with Gasteiger partial charge in [0.15, 0.2) is 5.78 Å². The van der Waals surface area contributed by atoms with Gasteiger partial charge in [-0.15, -0.1) is 0 Å².